The van der Waals surface area contributed by atoms with Gasteiger partial charge in [0, 0.05) is 0 Å². The van der Waals surface area contributed by atoms with E-state index in [4.69, 9.17) is 17.0 Å². The van der Waals surface area contributed by atoms with Crippen LogP contribution in [0, 0.1) is 0 Å². The minimum atomic E-state index is -0.826. The number of hydrogen-bond acceptors (Lipinski definition) is 0. The Bertz CT molecular complexity index is 1270. The molecule has 5 rings (SSSR count). The van der Waals surface area contributed by atoms with Gasteiger partial charge < -0.3 is 0 Å². The summed E-state index contributed by atoms with van der Waals surface area (Å²) in [5, 5.41) is 8.01. The van der Waals surface area contributed by atoms with Gasteiger partial charge in [-0.05, 0) is 33.5 Å². The van der Waals surface area contributed by atoms with Gasteiger partial charge in [-0.3, -0.25) is 0 Å². The summed E-state index contributed by atoms with van der Waals surface area (Å²) in [6.45, 7) is 2.24. The number of hydrogen-bond donors (Lipinski definition) is 0. The molecule has 0 aliphatic rings. The van der Waals surface area contributed by atoms with Gasteiger partial charge in [0.05, 0.1) is 0 Å². The molecule has 0 saturated heterocycles. The molecule has 0 radical (unpaired) electrons. The van der Waals surface area contributed by atoms with Crippen molar-refractivity contribution in [3.63, 3.8) is 0 Å². The molecule has 0 atom stereocenters. The number of halogens is 2. The Morgan fingerprint density at radius 3 is 2.21 bits per heavy atom. The standard InChI is InChI=1S/C26H21.2ClH.Zr/c1-2-7-18-16-20-9-5-11-24(26(20)17-18)23-13-6-12-22-21-10-4-3-8-19(21)14-15-25(22)23;;;/h3-6,8-17H,2,7H2,1H3;2*1H;/q-1;;;+2/p-2. The monoisotopic (exact) mass is 493 g/mol. The van der Waals surface area contributed by atoms with Crippen molar-refractivity contribution >= 4 is 49.3 Å². The summed E-state index contributed by atoms with van der Waals surface area (Å²) in [4.78, 5) is 0. The van der Waals surface area contributed by atoms with E-state index in [1.807, 2.05) is 0 Å². The molecule has 0 spiro atoms. The maximum absolute atomic E-state index is 4.93. The van der Waals surface area contributed by atoms with Gasteiger partial charge in [0.2, 0.25) is 0 Å². The third-order valence-electron chi connectivity index (χ3n) is 5.43. The third kappa shape index (κ3) is 4.20. The van der Waals surface area contributed by atoms with E-state index in [0.29, 0.717) is 0 Å². The number of fused-ring (bicyclic) bond motifs is 4. The van der Waals surface area contributed by atoms with Gasteiger partial charge in [-0.15, -0.1) is 34.5 Å². The van der Waals surface area contributed by atoms with Crippen molar-refractivity contribution in [3.05, 3.63) is 90.5 Å². The van der Waals surface area contributed by atoms with E-state index < -0.39 is 20.8 Å². The molecule has 0 N–H and O–H groups in total. The Kier molecular flexibility index (Phi) is 6.81. The van der Waals surface area contributed by atoms with Crippen LogP contribution in [0.4, 0.5) is 0 Å². The van der Waals surface area contributed by atoms with E-state index in [1.165, 1.54) is 55.4 Å². The zero-order valence-corrected chi connectivity index (χ0v) is 20.2. The van der Waals surface area contributed by atoms with Gasteiger partial charge in [0.25, 0.3) is 0 Å². The Morgan fingerprint density at radius 2 is 1.41 bits per heavy atom. The second kappa shape index (κ2) is 9.52. The summed E-state index contributed by atoms with van der Waals surface area (Å²) in [6, 6.07) is 31.3. The first-order valence-corrected chi connectivity index (χ1v) is 16.1. The van der Waals surface area contributed by atoms with Crippen LogP contribution in [0.2, 0.25) is 0 Å². The predicted octanol–water partition coefficient (Wildman–Crippen LogP) is 8.86. The average Bonchev–Trinajstić information content (AvgIpc) is 3.17. The molecule has 5 aromatic carbocycles. The summed E-state index contributed by atoms with van der Waals surface area (Å²) < 4.78 is 0. The first kappa shape index (κ1) is 20.7. The second-order valence-electron chi connectivity index (χ2n) is 7.18. The van der Waals surface area contributed by atoms with Crippen molar-refractivity contribution < 1.29 is 20.8 Å². The fourth-order valence-electron chi connectivity index (χ4n) is 4.24. The van der Waals surface area contributed by atoms with Crippen molar-refractivity contribution in [2.45, 2.75) is 19.8 Å². The molecule has 29 heavy (non-hydrogen) atoms. The molecule has 0 aliphatic heterocycles. The second-order valence-corrected chi connectivity index (χ2v) is 10.9. The van der Waals surface area contributed by atoms with Crippen LogP contribution in [-0.4, -0.2) is 0 Å². The van der Waals surface area contributed by atoms with E-state index in [-0.39, 0.29) is 0 Å². The number of aryl methyl sites for hydroxylation is 1. The molecule has 144 valence electrons. The summed E-state index contributed by atoms with van der Waals surface area (Å²) in [7, 11) is 9.87. The third-order valence-corrected chi connectivity index (χ3v) is 5.43. The zero-order chi connectivity index (χ0) is 20.2. The quantitative estimate of drug-likeness (QED) is 0.173. The molecule has 0 unspecified atom stereocenters. The number of rotatable bonds is 3. The zero-order valence-electron chi connectivity index (χ0n) is 16.3. The topological polar surface area (TPSA) is 0 Å². The Morgan fingerprint density at radius 1 is 0.724 bits per heavy atom. The van der Waals surface area contributed by atoms with E-state index in [0.717, 1.165) is 6.42 Å². The molecule has 0 aliphatic carbocycles. The van der Waals surface area contributed by atoms with Crippen molar-refractivity contribution in [2.75, 3.05) is 0 Å². The molecular weight excluding hydrogens is 474 g/mol. The van der Waals surface area contributed by atoms with E-state index in [2.05, 4.69) is 91.9 Å². The molecule has 3 heteroatoms. The first-order valence-electron chi connectivity index (χ1n) is 9.82. The molecule has 0 amide bonds. The van der Waals surface area contributed by atoms with Crippen LogP contribution in [0.15, 0.2) is 84.9 Å². The Hall–Kier alpha value is -1.53. The molecule has 5 aromatic rings. The van der Waals surface area contributed by atoms with E-state index >= 15 is 0 Å². The Balaban J connectivity index is 0.000000645. The van der Waals surface area contributed by atoms with E-state index in [1.54, 1.807) is 0 Å². The van der Waals surface area contributed by atoms with Gasteiger partial charge in [-0.2, -0.15) is 6.07 Å². The fraction of sp³-hybridized carbons (Fsp3) is 0.115. The molecular formula is C26H21Cl2Zr-. The molecule has 0 fully saturated rings. The van der Waals surface area contributed by atoms with Crippen LogP contribution in [0.25, 0.3) is 43.4 Å². The van der Waals surface area contributed by atoms with Gasteiger partial charge in [0.15, 0.2) is 0 Å². The molecule has 0 heterocycles. The molecule has 0 aromatic heterocycles. The summed E-state index contributed by atoms with van der Waals surface area (Å²) >= 11 is -0.826. The Labute approximate surface area is 190 Å². The minimum absolute atomic E-state index is 0.826. The summed E-state index contributed by atoms with van der Waals surface area (Å²) in [6.07, 6.45) is 2.33. The van der Waals surface area contributed by atoms with Crippen molar-refractivity contribution in [2.24, 2.45) is 0 Å². The van der Waals surface area contributed by atoms with Crippen LogP contribution in [0.3, 0.4) is 0 Å². The summed E-state index contributed by atoms with van der Waals surface area (Å²) in [5.41, 5.74) is 4.11. The van der Waals surface area contributed by atoms with Crippen LogP contribution in [0.5, 0.6) is 0 Å². The van der Waals surface area contributed by atoms with E-state index in [9.17, 15) is 0 Å². The molecule has 0 nitrogen and oxygen atoms in total. The van der Waals surface area contributed by atoms with Crippen LogP contribution in [-0.2, 0) is 27.3 Å². The van der Waals surface area contributed by atoms with Crippen molar-refractivity contribution in [1.29, 1.82) is 0 Å². The van der Waals surface area contributed by atoms with Crippen LogP contribution >= 0.6 is 17.0 Å². The van der Waals surface area contributed by atoms with Gasteiger partial charge in [-0.1, -0.05) is 79.6 Å². The SMILES string of the molecule is CCCc1cc2c(-c3cccc4c3ccc3ccccc34)cccc2[cH-]1.[Cl][Zr][Cl]. The summed E-state index contributed by atoms with van der Waals surface area (Å²) in [5.74, 6) is 0. The van der Waals surface area contributed by atoms with Crippen molar-refractivity contribution in [3.8, 4) is 11.1 Å². The average molecular weight is 496 g/mol. The predicted molar refractivity (Wildman–Crippen MR) is 126 cm³/mol. The van der Waals surface area contributed by atoms with Gasteiger partial charge in [0.1, 0.15) is 0 Å². The molecule has 0 saturated carbocycles. The first-order chi connectivity index (χ1) is 14.3. The molecule has 0 bridgehead atoms. The van der Waals surface area contributed by atoms with Crippen LogP contribution < -0.4 is 0 Å². The maximum atomic E-state index is 4.93. The number of benzene rings is 4. The fourth-order valence-corrected chi connectivity index (χ4v) is 4.24. The van der Waals surface area contributed by atoms with Gasteiger partial charge >= 0.3 is 37.9 Å². The van der Waals surface area contributed by atoms with Crippen LogP contribution in [0.1, 0.15) is 18.9 Å². The normalized spacial score (nSPS) is 10.9. The van der Waals surface area contributed by atoms with Gasteiger partial charge in [-0.25, -0.2) is 0 Å². The van der Waals surface area contributed by atoms with Crippen molar-refractivity contribution in [1.82, 2.24) is 0 Å².